The van der Waals surface area contributed by atoms with Crippen LogP contribution in [0.2, 0.25) is 0 Å². The minimum atomic E-state index is -0.980. The van der Waals surface area contributed by atoms with Crippen LogP contribution in [0.5, 0.6) is 0 Å². The van der Waals surface area contributed by atoms with E-state index in [0.29, 0.717) is 31.1 Å². The van der Waals surface area contributed by atoms with E-state index in [0.717, 1.165) is 18.8 Å². The molecule has 0 saturated carbocycles. The van der Waals surface area contributed by atoms with Crippen LogP contribution in [0, 0.1) is 0 Å². The van der Waals surface area contributed by atoms with Crippen LogP contribution >= 0.6 is 0 Å². The number of aromatic nitrogens is 5. The first-order valence-corrected chi connectivity index (χ1v) is 8.57. The molecule has 0 radical (unpaired) electrons. The summed E-state index contributed by atoms with van der Waals surface area (Å²) in [4.78, 5) is 6.55. The summed E-state index contributed by atoms with van der Waals surface area (Å²) in [6.45, 7) is 10.1. The van der Waals surface area contributed by atoms with Crippen LogP contribution in [0.4, 0.5) is 0 Å². The third kappa shape index (κ3) is 3.49. The van der Waals surface area contributed by atoms with E-state index in [1.807, 2.05) is 33.9 Å². The smallest absolute Gasteiger partial charge is 0.240 e. The lowest BCUT2D eigenvalue weighted by atomic mass is 9.90. The van der Waals surface area contributed by atoms with Crippen LogP contribution in [0.3, 0.4) is 0 Å². The van der Waals surface area contributed by atoms with E-state index in [9.17, 15) is 5.11 Å². The van der Waals surface area contributed by atoms with Gasteiger partial charge in [-0.2, -0.15) is 4.98 Å². The number of nitrogens with zero attached hydrogens (tertiary/aromatic N) is 6. The van der Waals surface area contributed by atoms with Gasteiger partial charge in [0.1, 0.15) is 11.3 Å². The van der Waals surface area contributed by atoms with Gasteiger partial charge in [0.05, 0.1) is 12.7 Å². The van der Waals surface area contributed by atoms with Gasteiger partial charge in [-0.3, -0.25) is 4.90 Å². The number of likely N-dealkylation sites (tertiary alicyclic amines) is 1. The van der Waals surface area contributed by atoms with Crippen molar-refractivity contribution in [2.24, 2.45) is 0 Å². The lowest BCUT2D eigenvalue weighted by Gasteiger charge is -2.37. The zero-order valence-corrected chi connectivity index (χ0v) is 14.8. The number of piperidine rings is 1. The molecule has 8 heteroatoms. The summed E-state index contributed by atoms with van der Waals surface area (Å²) in [6, 6.07) is 0.224. The second-order valence-corrected chi connectivity index (χ2v) is 7.22. The van der Waals surface area contributed by atoms with E-state index in [4.69, 9.17) is 4.52 Å². The van der Waals surface area contributed by atoms with Gasteiger partial charge in [-0.15, -0.1) is 5.10 Å². The molecule has 3 rings (SSSR count). The molecule has 1 N–H and O–H groups in total. The van der Waals surface area contributed by atoms with E-state index >= 15 is 0 Å². The number of rotatable bonds is 5. The van der Waals surface area contributed by atoms with Crippen molar-refractivity contribution in [2.75, 3.05) is 13.1 Å². The number of aliphatic hydroxyl groups is 1. The van der Waals surface area contributed by atoms with Crippen molar-refractivity contribution in [3.63, 3.8) is 0 Å². The summed E-state index contributed by atoms with van der Waals surface area (Å²) >= 11 is 0. The fourth-order valence-corrected chi connectivity index (χ4v) is 2.97. The van der Waals surface area contributed by atoms with Crippen LogP contribution in [0.1, 0.15) is 69.9 Å². The molecule has 2 aromatic heterocycles. The van der Waals surface area contributed by atoms with Crippen LogP contribution in [0.15, 0.2) is 10.7 Å². The zero-order valence-electron chi connectivity index (χ0n) is 14.8. The van der Waals surface area contributed by atoms with Crippen molar-refractivity contribution in [3.05, 3.63) is 23.6 Å². The molecule has 0 amide bonds. The number of hydrogen-bond donors (Lipinski definition) is 1. The Morgan fingerprint density at radius 2 is 2.12 bits per heavy atom. The molecule has 0 unspecified atom stereocenters. The highest BCUT2D eigenvalue weighted by molar-refractivity contribution is 5.10. The predicted octanol–water partition coefficient (Wildman–Crippen LogP) is 1.85. The molecular formula is C16H26N6O2. The van der Waals surface area contributed by atoms with Crippen LogP contribution in [-0.4, -0.2) is 48.2 Å². The Bertz CT molecular complexity index is 680. The number of β-amino-alcohol motifs (C(OH)–C–C–N with tert-alkyl or cyclic N) is 1. The molecule has 1 aliphatic rings. The van der Waals surface area contributed by atoms with Crippen molar-refractivity contribution in [1.29, 1.82) is 0 Å². The molecule has 0 spiro atoms. The SMILES string of the molecule is CC(C)c1noc(CN2CCC[C@@](O)(c3cn(C(C)C)nn3)C2)n1. The van der Waals surface area contributed by atoms with Crippen LogP contribution in [-0.2, 0) is 12.1 Å². The summed E-state index contributed by atoms with van der Waals surface area (Å²) in [7, 11) is 0. The maximum absolute atomic E-state index is 11.1. The quantitative estimate of drug-likeness (QED) is 0.892. The first kappa shape index (κ1) is 17.0. The molecule has 132 valence electrons. The van der Waals surface area contributed by atoms with Crippen LogP contribution < -0.4 is 0 Å². The first-order valence-electron chi connectivity index (χ1n) is 8.57. The topological polar surface area (TPSA) is 93.1 Å². The number of hydrogen-bond acceptors (Lipinski definition) is 7. The van der Waals surface area contributed by atoms with Gasteiger partial charge in [-0.25, -0.2) is 4.68 Å². The molecule has 0 bridgehead atoms. The molecule has 8 nitrogen and oxygen atoms in total. The van der Waals surface area contributed by atoms with Gasteiger partial charge in [0.25, 0.3) is 0 Å². The monoisotopic (exact) mass is 334 g/mol. The Morgan fingerprint density at radius 3 is 2.75 bits per heavy atom. The first-order chi connectivity index (χ1) is 11.4. The molecule has 1 aliphatic heterocycles. The van der Waals surface area contributed by atoms with Gasteiger partial charge in [-0.1, -0.05) is 24.2 Å². The second-order valence-electron chi connectivity index (χ2n) is 7.22. The molecular weight excluding hydrogens is 308 g/mol. The highest BCUT2D eigenvalue weighted by Gasteiger charge is 2.38. The highest BCUT2D eigenvalue weighted by atomic mass is 16.5. The lowest BCUT2D eigenvalue weighted by molar-refractivity contribution is -0.0436. The van der Waals surface area contributed by atoms with Gasteiger partial charge < -0.3 is 9.63 Å². The molecule has 1 saturated heterocycles. The van der Waals surface area contributed by atoms with Gasteiger partial charge in [0.15, 0.2) is 5.82 Å². The fraction of sp³-hybridized carbons (Fsp3) is 0.750. The van der Waals surface area contributed by atoms with Crippen molar-refractivity contribution in [3.8, 4) is 0 Å². The maximum Gasteiger partial charge on any atom is 0.240 e. The second kappa shape index (κ2) is 6.60. The van der Waals surface area contributed by atoms with E-state index in [1.54, 1.807) is 4.68 Å². The maximum atomic E-state index is 11.1. The Balaban J connectivity index is 1.70. The Labute approximate surface area is 141 Å². The van der Waals surface area contributed by atoms with Crippen LogP contribution in [0.25, 0.3) is 0 Å². The lowest BCUT2D eigenvalue weighted by Crippen LogP contribution is -2.46. The summed E-state index contributed by atoms with van der Waals surface area (Å²) in [6.07, 6.45) is 3.41. The summed E-state index contributed by atoms with van der Waals surface area (Å²) in [5.41, 5.74) is -0.346. The van der Waals surface area contributed by atoms with Crippen molar-refractivity contribution in [2.45, 2.75) is 64.6 Å². The van der Waals surface area contributed by atoms with Gasteiger partial charge in [0, 0.05) is 18.5 Å². The molecule has 1 fully saturated rings. The summed E-state index contributed by atoms with van der Waals surface area (Å²) in [5.74, 6) is 1.55. The average Bonchev–Trinajstić information content (AvgIpc) is 3.16. The molecule has 1 atom stereocenters. The molecule has 2 aromatic rings. The molecule has 0 aromatic carbocycles. The zero-order chi connectivity index (χ0) is 17.3. The normalized spacial score (nSPS) is 22.6. The average molecular weight is 334 g/mol. The van der Waals surface area contributed by atoms with E-state index in [2.05, 4.69) is 25.4 Å². The van der Waals surface area contributed by atoms with Crippen molar-refractivity contribution in [1.82, 2.24) is 30.0 Å². The third-order valence-electron chi connectivity index (χ3n) is 4.43. The van der Waals surface area contributed by atoms with E-state index in [1.165, 1.54) is 0 Å². The Kier molecular flexibility index (Phi) is 4.69. The molecule has 0 aliphatic carbocycles. The predicted molar refractivity (Wildman–Crippen MR) is 87.2 cm³/mol. The largest absolute Gasteiger partial charge is 0.382 e. The highest BCUT2D eigenvalue weighted by Crippen LogP contribution is 2.31. The Hall–Kier alpha value is -1.80. The van der Waals surface area contributed by atoms with Gasteiger partial charge in [0.2, 0.25) is 5.89 Å². The minimum absolute atomic E-state index is 0.224. The molecule has 3 heterocycles. The van der Waals surface area contributed by atoms with E-state index in [-0.39, 0.29) is 12.0 Å². The summed E-state index contributed by atoms with van der Waals surface area (Å²) in [5, 5.41) is 23.4. The van der Waals surface area contributed by atoms with Crippen molar-refractivity contribution < 1.29 is 9.63 Å². The standard InChI is InChI=1S/C16H26N6O2/c1-11(2)15-17-14(24-19-15)9-21-7-5-6-16(23,10-21)13-8-22(12(3)4)20-18-13/h8,11-12,23H,5-7,9-10H2,1-4H3/t16-/m0/s1. The fourth-order valence-electron chi connectivity index (χ4n) is 2.97. The Morgan fingerprint density at radius 1 is 1.33 bits per heavy atom. The summed E-state index contributed by atoms with van der Waals surface area (Å²) < 4.78 is 7.10. The molecule has 24 heavy (non-hydrogen) atoms. The van der Waals surface area contributed by atoms with Crippen molar-refractivity contribution >= 4 is 0 Å². The third-order valence-corrected chi connectivity index (χ3v) is 4.43. The van der Waals surface area contributed by atoms with E-state index < -0.39 is 5.60 Å². The van der Waals surface area contributed by atoms with Gasteiger partial charge in [-0.05, 0) is 33.2 Å². The minimum Gasteiger partial charge on any atom is -0.382 e. The van der Waals surface area contributed by atoms with Gasteiger partial charge >= 0.3 is 0 Å².